The van der Waals surface area contributed by atoms with E-state index in [0.29, 0.717) is 17.2 Å². The van der Waals surface area contributed by atoms with E-state index in [4.69, 9.17) is 5.73 Å². The first-order chi connectivity index (χ1) is 8.79. The number of aryl methyl sites for hydroxylation is 1. The third-order valence-electron chi connectivity index (χ3n) is 3.60. The molecule has 0 amide bonds. The van der Waals surface area contributed by atoms with Gasteiger partial charge < -0.3 is 5.73 Å². The summed E-state index contributed by atoms with van der Waals surface area (Å²) in [5.41, 5.74) is 6.91. The maximum atomic E-state index is 12.4. The molecule has 2 rings (SSSR count). The zero-order chi connectivity index (χ0) is 14.2. The Balaban J connectivity index is 2.27. The minimum atomic E-state index is -3.49. The molecule has 0 radical (unpaired) electrons. The molecule has 6 heteroatoms. The molecular weight excluding hydrogens is 328 g/mol. The number of hydrogen-bond donors (Lipinski definition) is 2. The van der Waals surface area contributed by atoms with Gasteiger partial charge in [0.2, 0.25) is 10.0 Å². The minimum absolute atomic E-state index is 0.0456. The van der Waals surface area contributed by atoms with E-state index < -0.39 is 10.0 Å². The standard InChI is InChI=1S/C13H19BrN2O2S/c1-8-3-4-10(5-8)16-19(17,18)13-7-12(15)11(14)6-9(13)2/h6-8,10,16H,3-5,15H2,1-2H3. The van der Waals surface area contributed by atoms with Gasteiger partial charge in [-0.1, -0.05) is 6.92 Å². The van der Waals surface area contributed by atoms with Gasteiger partial charge in [-0.25, -0.2) is 13.1 Å². The molecule has 19 heavy (non-hydrogen) atoms. The van der Waals surface area contributed by atoms with E-state index in [2.05, 4.69) is 27.6 Å². The summed E-state index contributed by atoms with van der Waals surface area (Å²) in [6, 6.07) is 3.30. The summed E-state index contributed by atoms with van der Waals surface area (Å²) >= 11 is 3.30. The van der Waals surface area contributed by atoms with Crippen LogP contribution in [0.15, 0.2) is 21.5 Å². The van der Waals surface area contributed by atoms with E-state index in [1.54, 1.807) is 13.0 Å². The molecule has 0 bridgehead atoms. The van der Waals surface area contributed by atoms with E-state index in [-0.39, 0.29) is 10.9 Å². The van der Waals surface area contributed by atoms with Gasteiger partial charge in [0.1, 0.15) is 0 Å². The number of benzene rings is 1. The summed E-state index contributed by atoms with van der Waals surface area (Å²) in [5.74, 6) is 0.587. The third kappa shape index (κ3) is 3.30. The van der Waals surface area contributed by atoms with E-state index in [1.807, 2.05) is 0 Å². The smallest absolute Gasteiger partial charge is 0.241 e. The SMILES string of the molecule is Cc1cc(Br)c(N)cc1S(=O)(=O)NC1CCC(C)C1. The Morgan fingerprint density at radius 2 is 2.05 bits per heavy atom. The number of hydrogen-bond acceptors (Lipinski definition) is 3. The van der Waals surface area contributed by atoms with Crippen LogP contribution in [0.1, 0.15) is 31.7 Å². The minimum Gasteiger partial charge on any atom is -0.398 e. The summed E-state index contributed by atoms with van der Waals surface area (Å²) < 4.78 is 28.3. The quantitative estimate of drug-likeness (QED) is 0.826. The molecule has 1 fully saturated rings. The predicted molar refractivity (Wildman–Crippen MR) is 80.4 cm³/mol. The lowest BCUT2D eigenvalue weighted by molar-refractivity contribution is 0.538. The molecule has 1 saturated carbocycles. The number of nitrogen functional groups attached to an aromatic ring is 1. The van der Waals surface area contributed by atoms with E-state index in [0.717, 1.165) is 23.7 Å². The molecule has 1 aromatic rings. The fraction of sp³-hybridized carbons (Fsp3) is 0.538. The number of sulfonamides is 1. The molecule has 1 aliphatic rings. The van der Waals surface area contributed by atoms with Crippen molar-refractivity contribution < 1.29 is 8.42 Å². The molecule has 0 saturated heterocycles. The van der Waals surface area contributed by atoms with Crippen LogP contribution in [-0.2, 0) is 10.0 Å². The lowest BCUT2D eigenvalue weighted by Crippen LogP contribution is -2.33. The van der Waals surface area contributed by atoms with Gasteiger partial charge in [0.25, 0.3) is 0 Å². The number of nitrogens with two attached hydrogens (primary N) is 1. The van der Waals surface area contributed by atoms with Gasteiger partial charge in [-0.15, -0.1) is 0 Å². The van der Waals surface area contributed by atoms with Crippen molar-refractivity contribution in [3.63, 3.8) is 0 Å². The van der Waals surface area contributed by atoms with Gasteiger partial charge in [0, 0.05) is 16.2 Å². The highest BCUT2D eigenvalue weighted by molar-refractivity contribution is 9.10. The average Bonchev–Trinajstić information content (AvgIpc) is 2.68. The fourth-order valence-corrected chi connectivity index (χ4v) is 4.56. The van der Waals surface area contributed by atoms with Crippen LogP contribution in [0.4, 0.5) is 5.69 Å². The molecule has 106 valence electrons. The summed E-state index contributed by atoms with van der Waals surface area (Å²) in [7, 11) is -3.49. The first-order valence-corrected chi connectivity index (χ1v) is 8.65. The Hall–Kier alpha value is -0.590. The van der Waals surface area contributed by atoms with Crippen molar-refractivity contribution in [2.24, 2.45) is 5.92 Å². The third-order valence-corrected chi connectivity index (χ3v) is 5.95. The van der Waals surface area contributed by atoms with Gasteiger partial charge in [-0.3, -0.25) is 0 Å². The largest absolute Gasteiger partial charge is 0.398 e. The van der Waals surface area contributed by atoms with Crippen molar-refractivity contribution in [2.75, 3.05) is 5.73 Å². The van der Waals surface area contributed by atoms with Crippen LogP contribution < -0.4 is 10.5 Å². The van der Waals surface area contributed by atoms with Crippen molar-refractivity contribution in [2.45, 2.75) is 44.0 Å². The number of anilines is 1. The molecule has 1 aliphatic carbocycles. The lowest BCUT2D eigenvalue weighted by Gasteiger charge is -2.15. The van der Waals surface area contributed by atoms with Crippen LogP contribution >= 0.6 is 15.9 Å². The number of nitrogens with one attached hydrogen (secondary N) is 1. The molecule has 4 nitrogen and oxygen atoms in total. The van der Waals surface area contributed by atoms with Crippen molar-refractivity contribution >= 4 is 31.6 Å². The molecule has 0 heterocycles. The second-order valence-corrected chi connectivity index (χ2v) is 7.91. The van der Waals surface area contributed by atoms with Gasteiger partial charge in [0.15, 0.2) is 0 Å². The zero-order valence-corrected chi connectivity index (χ0v) is 13.5. The van der Waals surface area contributed by atoms with Crippen molar-refractivity contribution in [3.05, 3.63) is 22.2 Å². The summed E-state index contributed by atoms with van der Waals surface area (Å²) in [6.07, 6.45) is 2.89. The van der Waals surface area contributed by atoms with Crippen molar-refractivity contribution in [3.8, 4) is 0 Å². The summed E-state index contributed by atoms with van der Waals surface area (Å²) in [5, 5.41) is 0. The molecule has 3 N–H and O–H groups in total. The van der Waals surface area contributed by atoms with Gasteiger partial charge in [-0.2, -0.15) is 0 Å². The van der Waals surface area contributed by atoms with Gasteiger partial charge in [0.05, 0.1) is 4.90 Å². The van der Waals surface area contributed by atoms with E-state index in [1.165, 1.54) is 6.07 Å². The maximum Gasteiger partial charge on any atom is 0.241 e. The van der Waals surface area contributed by atoms with Crippen LogP contribution in [0.2, 0.25) is 0 Å². The first-order valence-electron chi connectivity index (χ1n) is 6.37. The molecule has 2 unspecified atom stereocenters. The Kier molecular flexibility index (Phi) is 4.23. The Labute approximate surface area is 122 Å². The normalized spacial score (nSPS) is 23.7. The number of halogens is 1. The second kappa shape index (κ2) is 5.42. The molecule has 0 aliphatic heterocycles. The molecule has 0 aromatic heterocycles. The molecular formula is C13H19BrN2O2S. The van der Waals surface area contributed by atoms with Crippen molar-refractivity contribution in [1.82, 2.24) is 4.72 Å². The highest BCUT2D eigenvalue weighted by atomic mass is 79.9. The predicted octanol–water partition coefficient (Wildman–Crippen LogP) is 2.81. The zero-order valence-electron chi connectivity index (χ0n) is 11.1. The highest BCUT2D eigenvalue weighted by Gasteiger charge is 2.27. The Morgan fingerprint density at radius 3 is 2.63 bits per heavy atom. The number of rotatable bonds is 3. The van der Waals surface area contributed by atoms with Gasteiger partial charge >= 0.3 is 0 Å². The summed E-state index contributed by atoms with van der Waals surface area (Å²) in [6.45, 7) is 3.92. The lowest BCUT2D eigenvalue weighted by atomic mass is 10.1. The van der Waals surface area contributed by atoms with Crippen LogP contribution in [-0.4, -0.2) is 14.5 Å². The molecule has 0 spiro atoms. The summed E-state index contributed by atoms with van der Waals surface area (Å²) in [4.78, 5) is 0.271. The molecule has 2 atom stereocenters. The van der Waals surface area contributed by atoms with Crippen molar-refractivity contribution in [1.29, 1.82) is 0 Å². The second-order valence-electron chi connectivity index (χ2n) is 5.38. The van der Waals surface area contributed by atoms with Crippen LogP contribution in [0.25, 0.3) is 0 Å². The topological polar surface area (TPSA) is 72.2 Å². The Bertz CT molecular complexity index is 587. The highest BCUT2D eigenvalue weighted by Crippen LogP contribution is 2.29. The maximum absolute atomic E-state index is 12.4. The van der Waals surface area contributed by atoms with E-state index >= 15 is 0 Å². The Morgan fingerprint density at radius 1 is 1.37 bits per heavy atom. The fourth-order valence-electron chi connectivity index (χ4n) is 2.56. The molecule has 1 aromatic carbocycles. The monoisotopic (exact) mass is 346 g/mol. The average molecular weight is 347 g/mol. The van der Waals surface area contributed by atoms with Crippen LogP contribution in [0, 0.1) is 12.8 Å². The van der Waals surface area contributed by atoms with Crippen LogP contribution in [0.5, 0.6) is 0 Å². The first kappa shape index (κ1) is 14.8. The van der Waals surface area contributed by atoms with E-state index in [9.17, 15) is 8.42 Å². The van der Waals surface area contributed by atoms with Gasteiger partial charge in [-0.05, 0) is 65.7 Å². The van der Waals surface area contributed by atoms with Crippen LogP contribution in [0.3, 0.4) is 0 Å².